The van der Waals surface area contributed by atoms with E-state index < -0.39 is 0 Å². The molecule has 1 fully saturated rings. The lowest BCUT2D eigenvalue weighted by Crippen LogP contribution is -2.46. The summed E-state index contributed by atoms with van der Waals surface area (Å²) in [5.74, 6) is -0.377. The molecule has 1 aliphatic heterocycles. The molecule has 0 aliphatic carbocycles. The molecule has 0 saturated carbocycles. The molecular weight excluding hydrogens is 412 g/mol. The molecule has 7 nitrogen and oxygen atoms in total. The van der Waals surface area contributed by atoms with Gasteiger partial charge in [-0.1, -0.05) is 17.7 Å². The standard InChI is InChI=1S/C20H25ClN4O3S/c1-13-5-6-15(21)10-16(13)23-20-24-17(12-29-20)19(27)25-8-3-4-14(11-25)18(26)22-7-9-28-2/h5-6,10,12,14H,3-4,7-9,11H2,1-2H3,(H,22,26)(H,23,24)/t14-/m1/s1. The molecule has 2 amide bonds. The maximum Gasteiger partial charge on any atom is 0.273 e. The fourth-order valence-electron chi connectivity index (χ4n) is 3.23. The molecule has 156 valence electrons. The van der Waals surface area contributed by atoms with Crippen LogP contribution in [-0.4, -0.2) is 55.0 Å². The summed E-state index contributed by atoms with van der Waals surface area (Å²) in [5.41, 5.74) is 2.28. The van der Waals surface area contributed by atoms with Crippen molar-refractivity contribution >= 4 is 45.6 Å². The van der Waals surface area contributed by atoms with Gasteiger partial charge in [0.1, 0.15) is 5.69 Å². The zero-order valence-corrected chi connectivity index (χ0v) is 18.1. The van der Waals surface area contributed by atoms with E-state index in [1.165, 1.54) is 11.3 Å². The second kappa shape index (κ2) is 10.0. The van der Waals surface area contributed by atoms with Crippen LogP contribution in [0.15, 0.2) is 23.6 Å². The van der Waals surface area contributed by atoms with E-state index >= 15 is 0 Å². The van der Waals surface area contributed by atoms with Crippen LogP contribution in [0.4, 0.5) is 10.8 Å². The Morgan fingerprint density at radius 3 is 3.03 bits per heavy atom. The lowest BCUT2D eigenvalue weighted by Gasteiger charge is -2.31. The van der Waals surface area contributed by atoms with E-state index in [1.807, 2.05) is 25.1 Å². The van der Waals surface area contributed by atoms with Crippen molar-refractivity contribution in [2.45, 2.75) is 19.8 Å². The molecule has 0 bridgehead atoms. The van der Waals surface area contributed by atoms with E-state index in [0.717, 1.165) is 24.1 Å². The van der Waals surface area contributed by atoms with Crippen molar-refractivity contribution < 1.29 is 14.3 Å². The molecule has 29 heavy (non-hydrogen) atoms. The van der Waals surface area contributed by atoms with Gasteiger partial charge in [-0.2, -0.15) is 0 Å². The average Bonchev–Trinajstić information content (AvgIpc) is 3.19. The molecule has 9 heteroatoms. The maximum atomic E-state index is 12.9. The summed E-state index contributed by atoms with van der Waals surface area (Å²) >= 11 is 7.43. The van der Waals surface area contributed by atoms with Gasteiger partial charge >= 0.3 is 0 Å². The lowest BCUT2D eigenvalue weighted by atomic mass is 9.97. The number of anilines is 2. The van der Waals surface area contributed by atoms with E-state index in [1.54, 1.807) is 17.4 Å². The van der Waals surface area contributed by atoms with E-state index in [9.17, 15) is 9.59 Å². The van der Waals surface area contributed by atoms with E-state index in [4.69, 9.17) is 16.3 Å². The minimum Gasteiger partial charge on any atom is -0.383 e. The number of rotatable bonds is 7. The molecule has 0 unspecified atom stereocenters. The zero-order chi connectivity index (χ0) is 20.8. The normalized spacial score (nSPS) is 16.5. The fourth-order valence-corrected chi connectivity index (χ4v) is 4.10. The number of hydrogen-bond donors (Lipinski definition) is 2. The molecule has 1 aliphatic rings. The first kappa shape index (κ1) is 21.5. The van der Waals surface area contributed by atoms with Gasteiger partial charge in [0.05, 0.1) is 12.5 Å². The third-order valence-corrected chi connectivity index (χ3v) is 5.84. The van der Waals surface area contributed by atoms with Gasteiger partial charge in [-0.3, -0.25) is 9.59 Å². The minimum absolute atomic E-state index is 0.0309. The number of carbonyl (C=O) groups excluding carboxylic acids is 2. The average molecular weight is 437 g/mol. The SMILES string of the molecule is COCCNC(=O)[C@@H]1CCCN(C(=O)c2csc(Nc3cc(Cl)ccc3C)n2)C1. The van der Waals surface area contributed by atoms with Gasteiger partial charge in [0.15, 0.2) is 5.13 Å². The number of likely N-dealkylation sites (tertiary alicyclic amines) is 1. The monoisotopic (exact) mass is 436 g/mol. The Bertz CT molecular complexity index is 873. The van der Waals surface area contributed by atoms with Crippen LogP contribution in [0, 0.1) is 12.8 Å². The summed E-state index contributed by atoms with van der Waals surface area (Å²) in [6.07, 6.45) is 1.57. The molecule has 2 heterocycles. The number of hydrogen-bond acceptors (Lipinski definition) is 6. The van der Waals surface area contributed by atoms with Crippen molar-refractivity contribution in [3.63, 3.8) is 0 Å². The first-order valence-electron chi connectivity index (χ1n) is 9.52. The van der Waals surface area contributed by atoms with Crippen LogP contribution in [0.3, 0.4) is 0 Å². The van der Waals surface area contributed by atoms with Crippen LogP contribution in [0.2, 0.25) is 5.02 Å². The van der Waals surface area contributed by atoms with Crippen LogP contribution < -0.4 is 10.6 Å². The Morgan fingerprint density at radius 2 is 2.24 bits per heavy atom. The number of nitrogens with zero attached hydrogens (tertiary/aromatic N) is 2. The van der Waals surface area contributed by atoms with Gasteiger partial charge in [0.25, 0.3) is 5.91 Å². The summed E-state index contributed by atoms with van der Waals surface area (Å²) in [6, 6.07) is 5.59. The summed E-state index contributed by atoms with van der Waals surface area (Å²) in [4.78, 5) is 31.3. The molecule has 1 saturated heterocycles. The molecule has 1 aromatic heterocycles. The van der Waals surface area contributed by atoms with Gasteiger partial charge in [0.2, 0.25) is 5.91 Å². The van der Waals surface area contributed by atoms with Crippen molar-refractivity contribution in [3.8, 4) is 0 Å². The zero-order valence-electron chi connectivity index (χ0n) is 16.5. The number of ether oxygens (including phenoxy) is 1. The summed E-state index contributed by atoms with van der Waals surface area (Å²) in [5, 5.41) is 9.09. The van der Waals surface area contributed by atoms with Crippen LogP contribution >= 0.6 is 22.9 Å². The molecular formula is C20H25ClN4O3S. The number of benzene rings is 1. The number of methoxy groups -OCH3 is 1. The van der Waals surface area contributed by atoms with Crippen molar-refractivity contribution in [1.29, 1.82) is 0 Å². The topological polar surface area (TPSA) is 83.6 Å². The smallest absolute Gasteiger partial charge is 0.273 e. The second-order valence-electron chi connectivity index (χ2n) is 7.00. The summed E-state index contributed by atoms with van der Waals surface area (Å²) < 4.78 is 4.96. The highest BCUT2D eigenvalue weighted by Crippen LogP contribution is 2.27. The number of piperidine rings is 1. The number of halogens is 1. The van der Waals surface area contributed by atoms with Gasteiger partial charge in [-0.25, -0.2) is 4.98 Å². The molecule has 0 radical (unpaired) electrons. The molecule has 1 atom stereocenters. The van der Waals surface area contributed by atoms with Crippen LogP contribution in [-0.2, 0) is 9.53 Å². The maximum absolute atomic E-state index is 12.9. The molecule has 3 rings (SSSR count). The summed E-state index contributed by atoms with van der Waals surface area (Å²) in [7, 11) is 1.60. The van der Waals surface area contributed by atoms with Crippen LogP contribution in [0.25, 0.3) is 0 Å². The highest BCUT2D eigenvalue weighted by molar-refractivity contribution is 7.14. The Hall–Kier alpha value is -2.16. The highest BCUT2D eigenvalue weighted by Gasteiger charge is 2.29. The van der Waals surface area contributed by atoms with Crippen LogP contribution in [0.1, 0.15) is 28.9 Å². The predicted molar refractivity (Wildman–Crippen MR) is 115 cm³/mol. The van der Waals surface area contributed by atoms with Crippen molar-refractivity contribution in [1.82, 2.24) is 15.2 Å². The molecule has 1 aromatic carbocycles. The Labute approximate surface area is 179 Å². The highest BCUT2D eigenvalue weighted by atomic mass is 35.5. The summed E-state index contributed by atoms with van der Waals surface area (Å²) in [6.45, 7) is 3.97. The quantitative estimate of drug-likeness (QED) is 0.649. The lowest BCUT2D eigenvalue weighted by molar-refractivity contribution is -0.126. The number of carbonyl (C=O) groups is 2. The Kier molecular flexibility index (Phi) is 7.46. The number of nitrogens with one attached hydrogen (secondary N) is 2. The largest absolute Gasteiger partial charge is 0.383 e. The van der Waals surface area contributed by atoms with Crippen molar-refractivity contribution in [3.05, 3.63) is 39.9 Å². The first-order valence-corrected chi connectivity index (χ1v) is 10.8. The van der Waals surface area contributed by atoms with E-state index in [2.05, 4.69) is 15.6 Å². The predicted octanol–water partition coefficient (Wildman–Crippen LogP) is 3.46. The number of aromatic nitrogens is 1. The third-order valence-electron chi connectivity index (χ3n) is 4.85. The van der Waals surface area contributed by atoms with E-state index in [0.29, 0.717) is 42.1 Å². The van der Waals surface area contributed by atoms with Gasteiger partial charge in [-0.15, -0.1) is 11.3 Å². The number of thiazole rings is 1. The fraction of sp³-hybridized carbons (Fsp3) is 0.450. The van der Waals surface area contributed by atoms with Gasteiger partial charge < -0.3 is 20.3 Å². The number of amides is 2. The molecule has 2 N–H and O–H groups in total. The second-order valence-corrected chi connectivity index (χ2v) is 8.29. The van der Waals surface area contributed by atoms with Gasteiger partial charge in [-0.05, 0) is 37.5 Å². The Morgan fingerprint density at radius 1 is 1.41 bits per heavy atom. The number of aryl methyl sites for hydroxylation is 1. The van der Waals surface area contributed by atoms with E-state index in [-0.39, 0.29) is 17.7 Å². The first-order chi connectivity index (χ1) is 14.0. The van der Waals surface area contributed by atoms with Gasteiger partial charge in [0, 0.05) is 42.8 Å². The third kappa shape index (κ3) is 5.68. The molecule has 0 spiro atoms. The minimum atomic E-state index is -0.199. The van der Waals surface area contributed by atoms with Crippen molar-refractivity contribution in [2.75, 3.05) is 38.7 Å². The Balaban J connectivity index is 1.61. The molecule has 2 aromatic rings. The van der Waals surface area contributed by atoms with Crippen molar-refractivity contribution in [2.24, 2.45) is 5.92 Å². The van der Waals surface area contributed by atoms with Crippen LogP contribution in [0.5, 0.6) is 0 Å².